The van der Waals surface area contributed by atoms with Crippen LogP contribution in [0.15, 0.2) is 30.3 Å². The average molecular weight is 277 g/mol. The highest BCUT2D eigenvalue weighted by Gasteiger charge is 2.25. The second-order valence-electron chi connectivity index (χ2n) is 5.26. The van der Waals surface area contributed by atoms with E-state index in [1.54, 1.807) is 0 Å². The Kier molecular flexibility index (Phi) is 6.22. The number of nitrogens with one attached hydrogen (secondary N) is 1. The SMILES string of the molecule is CCC(C)C(C)C(=O)N[C@H](Cc1ccccc1)C(=O)O. The van der Waals surface area contributed by atoms with E-state index in [0.717, 1.165) is 12.0 Å². The third-order valence-electron chi connectivity index (χ3n) is 3.81. The molecule has 1 rings (SSSR count). The Morgan fingerprint density at radius 3 is 2.30 bits per heavy atom. The van der Waals surface area contributed by atoms with Crippen molar-refractivity contribution in [1.82, 2.24) is 5.32 Å². The zero-order chi connectivity index (χ0) is 15.1. The van der Waals surface area contributed by atoms with Crippen molar-refractivity contribution in [3.05, 3.63) is 35.9 Å². The van der Waals surface area contributed by atoms with E-state index in [4.69, 9.17) is 0 Å². The van der Waals surface area contributed by atoms with Gasteiger partial charge in [0.1, 0.15) is 6.04 Å². The van der Waals surface area contributed by atoms with Gasteiger partial charge in [0.15, 0.2) is 0 Å². The van der Waals surface area contributed by atoms with Crippen LogP contribution in [0.4, 0.5) is 0 Å². The first-order valence-corrected chi connectivity index (χ1v) is 7.02. The summed E-state index contributed by atoms with van der Waals surface area (Å²) in [6.07, 6.45) is 1.19. The number of carbonyl (C=O) groups excluding carboxylic acids is 1. The Bertz CT molecular complexity index is 444. The molecule has 0 heterocycles. The maximum absolute atomic E-state index is 12.1. The largest absolute Gasteiger partial charge is 0.480 e. The van der Waals surface area contributed by atoms with Crippen LogP contribution in [0.25, 0.3) is 0 Å². The van der Waals surface area contributed by atoms with Crippen molar-refractivity contribution < 1.29 is 14.7 Å². The molecule has 1 amide bonds. The van der Waals surface area contributed by atoms with Crippen molar-refractivity contribution in [1.29, 1.82) is 0 Å². The molecule has 0 aliphatic carbocycles. The molecule has 3 atom stereocenters. The first-order valence-electron chi connectivity index (χ1n) is 7.02. The number of carboxylic acids is 1. The second-order valence-corrected chi connectivity index (χ2v) is 5.26. The van der Waals surface area contributed by atoms with Gasteiger partial charge in [-0.1, -0.05) is 57.5 Å². The molecule has 1 aromatic carbocycles. The molecule has 0 aliphatic rings. The fourth-order valence-electron chi connectivity index (χ4n) is 1.97. The normalized spacial score (nSPS) is 15.2. The molecule has 0 radical (unpaired) electrons. The van der Waals surface area contributed by atoms with Gasteiger partial charge in [0.25, 0.3) is 0 Å². The summed E-state index contributed by atoms with van der Waals surface area (Å²) in [4.78, 5) is 23.4. The highest BCUT2D eigenvalue weighted by atomic mass is 16.4. The third-order valence-corrected chi connectivity index (χ3v) is 3.81. The van der Waals surface area contributed by atoms with Crippen molar-refractivity contribution in [3.8, 4) is 0 Å². The van der Waals surface area contributed by atoms with Crippen molar-refractivity contribution in [2.75, 3.05) is 0 Å². The lowest BCUT2D eigenvalue weighted by Crippen LogP contribution is -2.45. The average Bonchev–Trinajstić information content (AvgIpc) is 2.45. The van der Waals surface area contributed by atoms with Gasteiger partial charge in [0, 0.05) is 12.3 Å². The number of benzene rings is 1. The lowest BCUT2D eigenvalue weighted by atomic mass is 9.92. The summed E-state index contributed by atoms with van der Waals surface area (Å²) in [6, 6.07) is 8.44. The van der Waals surface area contributed by atoms with Crippen LogP contribution < -0.4 is 5.32 Å². The van der Waals surface area contributed by atoms with Crippen LogP contribution in [-0.4, -0.2) is 23.0 Å². The first-order chi connectivity index (χ1) is 9.45. The summed E-state index contributed by atoms with van der Waals surface area (Å²) in [5.74, 6) is -1.14. The van der Waals surface area contributed by atoms with E-state index in [1.807, 2.05) is 51.1 Å². The Labute approximate surface area is 120 Å². The van der Waals surface area contributed by atoms with E-state index in [-0.39, 0.29) is 17.7 Å². The maximum Gasteiger partial charge on any atom is 0.326 e. The summed E-state index contributed by atoms with van der Waals surface area (Å²) >= 11 is 0. The van der Waals surface area contributed by atoms with Gasteiger partial charge < -0.3 is 10.4 Å². The zero-order valence-electron chi connectivity index (χ0n) is 12.3. The third kappa shape index (κ3) is 4.68. The molecule has 0 aliphatic heterocycles. The van der Waals surface area contributed by atoms with E-state index in [9.17, 15) is 14.7 Å². The molecule has 2 N–H and O–H groups in total. The smallest absolute Gasteiger partial charge is 0.326 e. The van der Waals surface area contributed by atoms with Crippen molar-refractivity contribution in [2.45, 2.75) is 39.7 Å². The summed E-state index contributed by atoms with van der Waals surface area (Å²) < 4.78 is 0. The maximum atomic E-state index is 12.1. The Balaban J connectivity index is 2.68. The van der Waals surface area contributed by atoms with Gasteiger partial charge in [-0.2, -0.15) is 0 Å². The van der Waals surface area contributed by atoms with E-state index < -0.39 is 12.0 Å². The van der Waals surface area contributed by atoms with Gasteiger partial charge in [-0.3, -0.25) is 4.79 Å². The predicted molar refractivity (Wildman–Crippen MR) is 78.3 cm³/mol. The minimum atomic E-state index is -1.00. The van der Waals surface area contributed by atoms with Crippen LogP contribution in [0.3, 0.4) is 0 Å². The summed E-state index contributed by atoms with van der Waals surface area (Å²) in [7, 11) is 0. The van der Waals surface area contributed by atoms with Gasteiger partial charge in [0.05, 0.1) is 0 Å². The molecule has 0 bridgehead atoms. The molecule has 4 nitrogen and oxygen atoms in total. The molecule has 2 unspecified atom stereocenters. The number of carboxylic acid groups (broad SMARTS) is 1. The van der Waals surface area contributed by atoms with Gasteiger partial charge >= 0.3 is 5.97 Å². The van der Waals surface area contributed by atoms with Gasteiger partial charge in [0.2, 0.25) is 5.91 Å². The Morgan fingerprint density at radius 2 is 1.80 bits per heavy atom. The molecular weight excluding hydrogens is 254 g/mol. The fourth-order valence-corrected chi connectivity index (χ4v) is 1.97. The Morgan fingerprint density at radius 1 is 1.20 bits per heavy atom. The highest BCUT2D eigenvalue weighted by Crippen LogP contribution is 2.15. The number of hydrogen-bond donors (Lipinski definition) is 2. The molecule has 1 aromatic rings. The van der Waals surface area contributed by atoms with E-state index in [2.05, 4.69) is 5.32 Å². The van der Waals surface area contributed by atoms with Crippen LogP contribution in [0.1, 0.15) is 32.8 Å². The summed E-state index contributed by atoms with van der Waals surface area (Å²) in [5.41, 5.74) is 0.899. The number of aliphatic carboxylic acids is 1. The van der Waals surface area contributed by atoms with E-state index >= 15 is 0 Å². The molecule has 4 heteroatoms. The summed E-state index contributed by atoms with van der Waals surface area (Å²) in [5, 5.41) is 11.9. The van der Waals surface area contributed by atoms with Gasteiger partial charge in [-0.15, -0.1) is 0 Å². The van der Waals surface area contributed by atoms with Crippen LogP contribution in [-0.2, 0) is 16.0 Å². The minimum Gasteiger partial charge on any atom is -0.480 e. The quantitative estimate of drug-likeness (QED) is 0.804. The minimum absolute atomic E-state index is 0.183. The van der Waals surface area contributed by atoms with Crippen LogP contribution in [0.2, 0.25) is 0 Å². The van der Waals surface area contributed by atoms with Crippen molar-refractivity contribution in [3.63, 3.8) is 0 Å². The topological polar surface area (TPSA) is 66.4 Å². The molecule has 110 valence electrons. The molecule has 0 aromatic heterocycles. The lowest BCUT2D eigenvalue weighted by Gasteiger charge is -2.21. The van der Waals surface area contributed by atoms with Crippen molar-refractivity contribution in [2.24, 2.45) is 11.8 Å². The van der Waals surface area contributed by atoms with E-state index in [0.29, 0.717) is 6.42 Å². The predicted octanol–water partition coefficient (Wildman–Crippen LogP) is 2.48. The molecule has 0 spiro atoms. The fraction of sp³-hybridized carbons (Fsp3) is 0.500. The monoisotopic (exact) mass is 277 g/mol. The number of amides is 1. The zero-order valence-corrected chi connectivity index (χ0v) is 12.3. The molecular formula is C16H23NO3. The van der Waals surface area contributed by atoms with Crippen LogP contribution >= 0.6 is 0 Å². The number of rotatable bonds is 7. The number of hydrogen-bond acceptors (Lipinski definition) is 2. The molecule has 0 fully saturated rings. The standard InChI is InChI=1S/C16H23NO3/c1-4-11(2)12(3)15(18)17-14(16(19)20)10-13-8-6-5-7-9-13/h5-9,11-12,14H,4,10H2,1-3H3,(H,17,18)(H,19,20)/t11?,12?,14-/m1/s1. The van der Waals surface area contributed by atoms with Gasteiger partial charge in [-0.25, -0.2) is 4.79 Å². The number of carbonyl (C=O) groups is 2. The van der Waals surface area contributed by atoms with E-state index in [1.165, 1.54) is 0 Å². The highest BCUT2D eigenvalue weighted by molar-refractivity contribution is 5.85. The van der Waals surface area contributed by atoms with Crippen LogP contribution in [0, 0.1) is 11.8 Å². The molecule has 0 saturated carbocycles. The van der Waals surface area contributed by atoms with Crippen LogP contribution in [0.5, 0.6) is 0 Å². The molecule has 0 saturated heterocycles. The van der Waals surface area contributed by atoms with Gasteiger partial charge in [-0.05, 0) is 11.5 Å². The molecule has 20 heavy (non-hydrogen) atoms. The first kappa shape index (κ1) is 16.2. The lowest BCUT2D eigenvalue weighted by molar-refractivity contribution is -0.142. The Hall–Kier alpha value is -1.84. The van der Waals surface area contributed by atoms with Crippen molar-refractivity contribution >= 4 is 11.9 Å². The summed E-state index contributed by atoms with van der Waals surface area (Å²) in [6.45, 7) is 5.86. The second kappa shape index (κ2) is 7.68.